The number of piperidine rings is 1. The molecule has 0 aromatic carbocycles. The Balaban J connectivity index is 2.68. The number of amides is 1. The molecule has 17 heavy (non-hydrogen) atoms. The summed E-state index contributed by atoms with van der Waals surface area (Å²) in [5, 5.41) is 9.91. The molecule has 0 spiro atoms. The normalized spacial score (nSPS) is 25.8. The van der Waals surface area contributed by atoms with E-state index >= 15 is 0 Å². The summed E-state index contributed by atoms with van der Waals surface area (Å²) in [5.74, 6) is 0. The van der Waals surface area contributed by atoms with Crippen molar-refractivity contribution >= 4 is 6.09 Å². The van der Waals surface area contributed by atoms with Crippen LogP contribution in [0.2, 0.25) is 0 Å². The number of carbonyl (C=O) groups excluding carboxylic acids is 1. The second kappa shape index (κ2) is 5.69. The largest absolute Gasteiger partial charge is 0.444 e. The van der Waals surface area contributed by atoms with E-state index in [-0.39, 0.29) is 12.1 Å². The molecule has 0 aromatic rings. The minimum atomic E-state index is -0.507. The molecule has 2 atom stereocenters. The van der Waals surface area contributed by atoms with Crippen molar-refractivity contribution in [2.24, 2.45) is 5.73 Å². The summed E-state index contributed by atoms with van der Waals surface area (Å²) in [6.45, 7) is 6.60. The third-order valence-corrected chi connectivity index (χ3v) is 2.83. The lowest BCUT2D eigenvalue weighted by Gasteiger charge is -2.39. The molecule has 1 heterocycles. The molecule has 100 valence electrons. The number of aliphatic hydroxyl groups is 1. The smallest absolute Gasteiger partial charge is 0.410 e. The number of carbonyl (C=O) groups is 1. The van der Waals surface area contributed by atoms with Gasteiger partial charge in [0.05, 0.1) is 12.1 Å². The van der Waals surface area contributed by atoms with Crippen molar-refractivity contribution in [1.82, 2.24) is 4.90 Å². The first-order chi connectivity index (χ1) is 7.85. The van der Waals surface area contributed by atoms with E-state index < -0.39 is 11.7 Å². The molecule has 1 fully saturated rings. The monoisotopic (exact) mass is 244 g/mol. The Hall–Kier alpha value is -0.810. The number of aliphatic hydroxyl groups excluding tert-OH is 1. The van der Waals surface area contributed by atoms with Crippen molar-refractivity contribution in [3.63, 3.8) is 0 Å². The molecule has 0 aliphatic carbocycles. The first-order valence-corrected chi connectivity index (χ1v) is 6.23. The van der Waals surface area contributed by atoms with Crippen LogP contribution in [-0.4, -0.2) is 46.9 Å². The van der Waals surface area contributed by atoms with Gasteiger partial charge in [-0.15, -0.1) is 0 Å². The van der Waals surface area contributed by atoms with Gasteiger partial charge in [-0.2, -0.15) is 0 Å². The molecule has 1 aliphatic rings. The number of ether oxygens (including phenoxy) is 1. The van der Waals surface area contributed by atoms with Gasteiger partial charge in [-0.25, -0.2) is 4.79 Å². The van der Waals surface area contributed by atoms with Gasteiger partial charge < -0.3 is 20.5 Å². The van der Waals surface area contributed by atoms with Gasteiger partial charge in [0.2, 0.25) is 0 Å². The van der Waals surface area contributed by atoms with Crippen LogP contribution in [-0.2, 0) is 4.74 Å². The highest BCUT2D eigenvalue weighted by molar-refractivity contribution is 5.68. The molecule has 5 heteroatoms. The number of hydrogen-bond acceptors (Lipinski definition) is 4. The van der Waals surface area contributed by atoms with Crippen LogP contribution in [0.1, 0.15) is 40.0 Å². The summed E-state index contributed by atoms with van der Waals surface area (Å²) in [6.07, 6.45) is 1.31. The average Bonchev–Trinajstić information content (AvgIpc) is 2.18. The Kier molecular flexibility index (Phi) is 4.77. The summed E-state index contributed by atoms with van der Waals surface area (Å²) >= 11 is 0. The number of hydrogen-bond donors (Lipinski definition) is 2. The Bertz CT molecular complexity index is 263. The molecule has 0 aromatic heterocycles. The molecule has 0 saturated carbocycles. The molecule has 1 rings (SSSR count). The molecule has 1 saturated heterocycles. The summed E-state index contributed by atoms with van der Waals surface area (Å²) in [6, 6.07) is -0.205. The molecule has 2 unspecified atom stereocenters. The fourth-order valence-electron chi connectivity index (χ4n) is 2.10. The van der Waals surface area contributed by atoms with Crippen LogP contribution in [0.5, 0.6) is 0 Å². The molecular formula is C12H24N2O3. The molecule has 0 radical (unpaired) electrons. The SMILES string of the molecule is CC(C)(C)OC(=O)N1CCCC(O)C1CCN. The fourth-order valence-corrected chi connectivity index (χ4v) is 2.10. The summed E-state index contributed by atoms with van der Waals surface area (Å²) < 4.78 is 5.34. The third-order valence-electron chi connectivity index (χ3n) is 2.83. The van der Waals surface area contributed by atoms with E-state index in [1.807, 2.05) is 20.8 Å². The van der Waals surface area contributed by atoms with Gasteiger partial charge in [0.25, 0.3) is 0 Å². The van der Waals surface area contributed by atoms with Gasteiger partial charge >= 0.3 is 6.09 Å². The maximum atomic E-state index is 12.0. The number of likely N-dealkylation sites (tertiary alicyclic amines) is 1. The topological polar surface area (TPSA) is 75.8 Å². The Morgan fingerprint density at radius 2 is 2.18 bits per heavy atom. The van der Waals surface area contributed by atoms with E-state index in [4.69, 9.17) is 10.5 Å². The lowest BCUT2D eigenvalue weighted by Crippen LogP contribution is -2.53. The van der Waals surface area contributed by atoms with Crippen LogP contribution < -0.4 is 5.73 Å². The lowest BCUT2D eigenvalue weighted by atomic mass is 9.96. The van der Waals surface area contributed by atoms with Gasteiger partial charge in [0.15, 0.2) is 0 Å². The second-order valence-electron chi connectivity index (χ2n) is 5.53. The van der Waals surface area contributed by atoms with E-state index in [1.165, 1.54) is 0 Å². The van der Waals surface area contributed by atoms with E-state index in [0.29, 0.717) is 19.5 Å². The minimum Gasteiger partial charge on any atom is -0.444 e. The Morgan fingerprint density at radius 1 is 1.53 bits per heavy atom. The molecule has 1 aliphatic heterocycles. The van der Waals surface area contributed by atoms with Crippen molar-refractivity contribution in [2.75, 3.05) is 13.1 Å². The zero-order valence-corrected chi connectivity index (χ0v) is 11.0. The Morgan fingerprint density at radius 3 is 2.71 bits per heavy atom. The fraction of sp³-hybridized carbons (Fsp3) is 0.917. The maximum absolute atomic E-state index is 12.0. The van der Waals surface area contributed by atoms with Crippen molar-refractivity contribution in [3.05, 3.63) is 0 Å². The standard InChI is InChI=1S/C12H24N2O3/c1-12(2,3)17-11(16)14-8-4-5-10(15)9(14)6-7-13/h9-10,15H,4-8,13H2,1-3H3. The highest BCUT2D eigenvalue weighted by Gasteiger charge is 2.34. The predicted octanol–water partition coefficient (Wildman–Crippen LogP) is 1.10. The van der Waals surface area contributed by atoms with Crippen molar-refractivity contribution < 1.29 is 14.6 Å². The molecule has 0 bridgehead atoms. The van der Waals surface area contributed by atoms with E-state index in [1.54, 1.807) is 4.90 Å². The number of nitrogens with zero attached hydrogens (tertiary/aromatic N) is 1. The molecule has 1 amide bonds. The highest BCUT2D eigenvalue weighted by atomic mass is 16.6. The van der Waals surface area contributed by atoms with Crippen LogP contribution >= 0.6 is 0 Å². The van der Waals surface area contributed by atoms with Crippen molar-refractivity contribution in [3.8, 4) is 0 Å². The van der Waals surface area contributed by atoms with Gasteiger partial charge in [-0.05, 0) is 46.6 Å². The van der Waals surface area contributed by atoms with Crippen LogP contribution in [0.25, 0.3) is 0 Å². The highest BCUT2D eigenvalue weighted by Crippen LogP contribution is 2.22. The van der Waals surface area contributed by atoms with Crippen LogP contribution in [0, 0.1) is 0 Å². The molecular weight excluding hydrogens is 220 g/mol. The zero-order valence-electron chi connectivity index (χ0n) is 11.0. The van der Waals surface area contributed by atoms with E-state index in [0.717, 1.165) is 12.8 Å². The molecule has 3 N–H and O–H groups in total. The minimum absolute atomic E-state index is 0.205. The first-order valence-electron chi connectivity index (χ1n) is 6.23. The first kappa shape index (κ1) is 14.3. The summed E-state index contributed by atoms with van der Waals surface area (Å²) in [5.41, 5.74) is 5.01. The zero-order chi connectivity index (χ0) is 13.1. The maximum Gasteiger partial charge on any atom is 0.410 e. The van der Waals surface area contributed by atoms with Crippen LogP contribution in [0.15, 0.2) is 0 Å². The lowest BCUT2D eigenvalue weighted by molar-refractivity contribution is -0.0242. The van der Waals surface area contributed by atoms with Crippen molar-refractivity contribution in [1.29, 1.82) is 0 Å². The van der Waals surface area contributed by atoms with Gasteiger partial charge in [-0.1, -0.05) is 0 Å². The van der Waals surface area contributed by atoms with Gasteiger partial charge in [-0.3, -0.25) is 0 Å². The van der Waals surface area contributed by atoms with E-state index in [9.17, 15) is 9.90 Å². The summed E-state index contributed by atoms with van der Waals surface area (Å²) in [4.78, 5) is 13.6. The third kappa shape index (κ3) is 4.16. The van der Waals surface area contributed by atoms with Crippen molar-refractivity contribution in [2.45, 2.75) is 57.8 Å². The molecule has 5 nitrogen and oxygen atoms in total. The summed E-state index contributed by atoms with van der Waals surface area (Å²) in [7, 11) is 0. The average molecular weight is 244 g/mol. The second-order valence-corrected chi connectivity index (χ2v) is 5.53. The number of nitrogens with two attached hydrogens (primary N) is 1. The predicted molar refractivity (Wildman–Crippen MR) is 65.6 cm³/mol. The van der Waals surface area contributed by atoms with E-state index in [2.05, 4.69) is 0 Å². The quantitative estimate of drug-likeness (QED) is 0.762. The number of rotatable bonds is 2. The van der Waals surface area contributed by atoms with Gasteiger partial charge in [0.1, 0.15) is 5.60 Å². The van der Waals surface area contributed by atoms with Crippen LogP contribution in [0.4, 0.5) is 4.79 Å². The van der Waals surface area contributed by atoms with Gasteiger partial charge in [0, 0.05) is 6.54 Å². The Labute approximate surface area is 103 Å². The van der Waals surface area contributed by atoms with Crippen LogP contribution in [0.3, 0.4) is 0 Å².